The first kappa shape index (κ1) is 30.4. The second-order valence-corrected chi connectivity index (χ2v) is 1.80. The smallest absolute Gasteiger partial charge is 1.00 e. The van der Waals surface area contributed by atoms with Crippen LogP contribution >= 0.6 is 0 Å². The monoisotopic (exact) mass is 204 g/mol. The Morgan fingerprint density at radius 2 is 1.00 bits per heavy atom. The zero-order valence-electron chi connectivity index (χ0n) is 5.20. The molecule has 0 saturated heterocycles. The molecule has 0 aliphatic heterocycles. The summed E-state index contributed by atoms with van der Waals surface area (Å²) < 4.78 is 0. The van der Waals surface area contributed by atoms with E-state index < -0.39 is 9.05 Å². The topological polar surface area (TPSA) is 112 Å². The van der Waals surface area contributed by atoms with Crippen molar-refractivity contribution in [3.63, 3.8) is 0 Å². The molecule has 56 valence electrons. The van der Waals surface area contributed by atoms with E-state index in [0.717, 1.165) is 0 Å². The molecule has 0 unspecified atom stereocenters. The molecule has 0 bridgehead atoms. The molecule has 0 aliphatic rings. The van der Waals surface area contributed by atoms with Crippen LogP contribution in [0.1, 0.15) is 1.43 Å². The minimum absolute atomic E-state index is 0. The third kappa shape index (κ3) is 149. The minimum Gasteiger partial charge on any atom is -1.00 e. The molecule has 0 radical (unpaired) electrons. The van der Waals surface area contributed by atoms with Crippen molar-refractivity contribution in [3.8, 4) is 0 Å². The van der Waals surface area contributed by atoms with E-state index in [1.165, 1.54) is 0 Å². The SMILES string of the molecule is F.O.O[Si](O)(O)O.[AlH3].[H-].[K+]. The summed E-state index contributed by atoms with van der Waals surface area (Å²) in [7, 11) is -4.61. The third-order valence-corrected chi connectivity index (χ3v) is 0. The standard InChI is InChI=1S/Al.FH.K.H4O4Si.H2O.4H/c;;;1-5(2,3)4;;;;;/h;1H;;1-4H;1H2;;;;/q;;+1;;;;;;-1. The van der Waals surface area contributed by atoms with Gasteiger partial charge in [0.2, 0.25) is 0 Å². The molecule has 9 heteroatoms. The van der Waals surface area contributed by atoms with Crippen molar-refractivity contribution in [3.05, 3.63) is 0 Å². The Labute approximate surface area is 107 Å². The summed E-state index contributed by atoms with van der Waals surface area (Å²) in [5.74, 6) is 0. The van der Waals surface area contributed by atoms with Gasteiger partial charge in [0.15, 0.2) is 17.4 Å². The molecular weight excluding hydrogens is 193 g/mol. The summed E-state index contributed by atoms with van der Waals surface area (Å²) in [5.41, 5.74) is 0. The Kier molecular flexibility index (Phi) is 43.1. The van der Waals surface area contributed by atoms with Crippen LogP contribution in [0.25, 0.3) is 0 Å². The molecule has 5 nitrogen and oxygen atoms in total. The van der Waals surface area contributed by atoms with Crippen LogP contribution in [0, 0.1) is 0 Å². The molecule has 0 atom stereocenters. The van der Waals surface area contributed by atoms with Gasteiger partial charge in [-0.3, -0.25) is 4.70 Å². The number of halogens is 1. The second-order valence-electron chi connectivity index (χ2n) is 0.600. The molecular formula is H11AlFKO5Si. The molecule has 0 aromatic carbocycles. The molecule has 0 saturated carbocycles. The van der Waals surface area contributed by atoms with Gasteiger partial charge in [0.05, 0.1) is 0 Å². The molecule has 0 rings (SSSR count). The van der Waals surface area contributed by atoms with Crippen LogP contribution in [0.2, 0.25) is 0 Å². The van der Waals surface area contributed by atoms with Gasteiger partial charge in [-0.25, -0.2) is 0 Å². The molecule has 0 aliphatic carbocycles. The molecule has 0 aromatic rings. The quantitative estimate of drug-likeness (QED) is 0.294. The average molecular weight is 204 g/mol. The number of hydrogen-bond acceptors (Lipinski definition) is 4. The summed E-state index contributed by atoms with van der Waals surface area (Å²) in [5, 5.41) is 0. The first-order valence-electron chi connectivity index (χ1n) is 0.894. The zero-order valence-corrected chi connectivity index (χ0v) is 8.32. The van der Waals surface area contributed by atoms with E-state index in [-0.39, 0.29) is 80.4 Å². The number of hydrogen-bond donors (Lipinski definition) is 4. The fourth-order valence-electron chi connectivity index (χ4n) is 0. The maximum atomic E-state index is 7.33. The van der Waals surface area contributed by atoms with Crippen LogP contribution < -0.4 is 51.4 Å². The predicted octanol–water partition coefficient (Wildman–Crippen LogP) is -7.35. The van der Waals surface area contributed by atoms with Crippen LogP contribution in [0.3, 0.4) is 0 Å². The van der Waals surface area contributed by atoms with E-state index in [2.05, 4.69) is 0 Å². The molecule has 0 aromatic heterocycles. The van der Waals surface area contributed by atoms with Crippen molar-refractivity contribution >= 4 is 26.4 Å². The first-order chi connectivity index (χ1) is 2.00. The molecule has 0 spiro atoms. The summed E-state index contributed by atoms with van der Waals surface area (Å²) >= 11 is 0. The fourth-order valence-corrected chi connectivity index (χ4v) is 0. The Morgan fingerprint density at radius 1 is 1.00 bits per heavy atom. The second kappa shape index (κ2) is 12.8. The van der Waals surface area contributed by atoms with Gasteiger partial charge in [-0.2, -0.15) is 0 Å². The average Bonchev–Trinajstić information content (AvgIpc) is 0.722. The maximum Gasteiger partial charge on any atom is 1.00 e. The van der Waals surface area contributed by atoms with Gasteiger partial charge in [-0.15, -0.1) is 0 Å². The van der Waals surface area contributed by atoms with Crippen LogP contribution in [-0.2, 0) is 0 Å². The summed E-state index contributed by atoms with van der Waals surface area (Å²) in [6, 6.07) is 0. The van der Waals surface area contributed by atoms with Crippen LogP contribution in [0.15, 0.2) is 0 Å². The number of rotatable bonds is 0. The molecule has 0 fully saturated rings. The third-order valence-electron chi connectivity index (χ3n) is 0. The fraction of sp³-hybridized carbons (Fsp3) is 0. The summed E-state index contributed by atoms with van der Waals surface area (Å²) in [6.45, 7) is 0. The van der Waals surface area contributed by atoms with Crippen LogP contribution in [0.4, 0.5) is 4.70 Å². The first-order valence-corrected chi connectivity index (χ1v) is 2.68. The molecule has 6 N–H and O–H groups in total. The van der Waals surface area contributed by atoms with Gasteiger partial charge in [0.1, 0.15) is 0 Å². The van der Waals surface area contributed by atoms with Crippen molar-refractivity contribution in [2.75, 3.05) is 0 Å². The molecule has 0 heterocycles. The summed E-state index contributed by atoms with van der Waals surface area (Å²) in [4.78, 5) is 29.3. The Hall–Kier alpha value is 2.12. The van der Waals surface area contributed by atoms with Crippen LogP contribution in [0.5, 0.6) is 0 Å². The van der Waals surface area contributed by atoms with E-state index in [9.17, 15) is 0 Å². The van der Waals surface area contributed by atoms with Gasteiger partial charge < -0.3 is 26.1 Å². The zero-order chi connectivity index (χ0) is 4.50. The van der Waals surface area contributed by atoms with Gasteiger partial charge in [-0.1, -0.05) is 0 Å². The van der Waals surface area contributed by atoms with E-state index in [1.54, 1.807) is 0 Å². The largest absolute Gasteiger partial charge is 1.00 e. The van der Waals surface area contributed by atoms with E-state index in [4.69, 9.17) is 19.2 Å². The minimum atomic E-state index is -4.61. The molecule has 0 amide bonds. The van der Waals surface area contributed by atoms with Crippen molar-refractivity contribution in [1.82, 2.24) is 0 Å². The predicted molar refractivity (Wildman–Crippen MR) is 31.8 cm³/mol. The van der Waals surface area contributed by atoms with Gasteiger partial charge >= 0.3 is 60.4 Å². The molecule has 9 heavy (non-hydrogen) atoms. The Balaban J connectivity index is -0.00000000800. The van der Waals surface area contributed by atoms with E-state index >= 15 is 0 Å². The Bertz CT molecular complexity index is 37.1. The normalized spacial score (nSPS) is 6.67. The Morgan fingerprint density at radius 3 is 1.00 bits per heavy atom. The van der Waals surface area contributed by atoms with Gasteiger partial charge in [-0.05, 0) is 0 Å². The van der Waals surface area contributed by atoms with Gasteiger partial charge in [0.25, 0.3) is 0 Å². The van der Waals surface area contributed by atoms with E-state index in [0.29, 0.717) is 0 Å². The van der Waals surface area contributed by atoms with E-state index in [1.807, 2.05) is 0 Å². The van der Waals surface area contributed by atoms with Gasteiger partial charge in [0, 0.05) is 0 Å². The van der Waals surface area contributed by atoms with Crippen molar-refractivity contribution in [2.24, 2.45) is 0 Å². The van der Waals surface area contributed by atoms with Crippen molar-refractivity contribution < 1.29 is 82.2 Å². The van der Waals surface area contributed by atoms with Crippen LogP contribution in [-0.4, -0.2) is 51.1 Å². The summed E-state index contributed by atoms with van der Waals surface area (Å²) in [6.07, 6.45) is 0. The van der Waals surface area contributed by atoms with Crippen molar-refractivity contribution in [2.45, 2.75) is 0 Å². The van der Waals surface area contributed by atoms with Crippen molar-refractivity contribution in [1.29, 1.82) is 0 Å². The maximum absolute atomic E-state index is 7.33.